The number of hydrogen-bond acceptors (Lipinski definition) is 4. The zero-order valence-corrected chi connectivity index (χ0v) is 10.6. The topological polar surface area (TPSA) is 89.4 Å². The summed E-state index contributed by atoms with van der Waals surface area (Å²) in [5.74, 6) is -0.506. The minimum atomic E-state index is -0.610. The Balaban J connectivity index is 2.56. The standard InChI is InChI=1S/C13H13N3O3/c1-16(2)13(18)10-6-8(11(14)17)5-9(7-10)12-15-3-4-19-12/h3-7H,1-2H3,(H2,14,17). The Hall–Kier alpha value is -2.63. The lowest BCUT2D eigenvalue weighted by Crippen LogP contribution is -2.22. The molecular formula is C13H13N3O3. The molecule has 1 heterocycles. The van der Waals surface area contributed by atoms with Gasteiger partial charge in [0.2, 0.25) is 11.8 Å². The van der Waals surface area contributed by atoms with E-state index in [1.54, 1.807) is 26.2 Å². The Kier molecular flexibility index (Phi) is 3.33. The predicted octanol–water partition coefficient (Wildman–Crippen LogP) is 1.14. The van der Waals surface area contributed by atoms with Gasteiger partial charge in [0.1, 0.15) is 6.26 Å². The molecule has 0 atom stereocenters. The van der Waals surface area contributed by atoms with Crippen LogP contribution >= 0.6 is 0 Å². The number of nitrogens with zero attached hydrogens (tertiary/aromatic N) is 2. The van der Waals surface area contributed by atoms with Crippen molar-refractivity contribution >= 4 is 11.8 Å². The van der Waals surface area contributed by atoms with Crippen LogP contribution in [0.3, 0.4) is 0 Å². The molecule has 0 radical (unpaired) electrons. The molecule has 2 rings (SSSR count). The predicted molar refractivity (Wildman–Crippen MR) is 68.5 cm³/mol. The first-order chi connectivity index (χ1) is 8.99. The SMILES string of the molecule is CN(C)C(=O)c1cc(C(N)=O)cc(-c2ncco2)c1. The van der Waals surface area contributed by atoms with E-state index >= 15 is 0 Å². The summed E-state index contributed by atoms with van der Waals surface area (Å²) >= 11 is 0. The molecule has 0 saturated carbocycles. The van der Waals surface area contributed by atoms with E-state index in [0.717, 1.165) is 0 Å². The number of oxazole rings is 1. The summed E-state index contributed by atoms with van der Waals surface area (Å²) < 4.78 is 5.16. The average Bonchev–Trinajstić information content (AvgIpc) is 2.91. The molecule has 98 valence electrons. The largest absolute Gasteiger partial charge is 0.445 e. The van der Waals surface area contributed by atoms with Crippen molar-refractivity contribution in [2.24, 2.45) is 5.73 Å². The molecule has 0 aliphatic heterocycles. The normalized spacial score (nSPS) is 10.2. The zero-order valence-electron chi connectivity index (χ0n) is 10.6. The van der Waals surface area contributed by atoms with E-state index in [-0.39, 0.29) is 11.5 Å². The van der Waals surface area contributed by atoms with Crippen molar-refractivity contribution in [1.82, 2.24) is 9.88 Å². The zero-order chi connectivity index (χ0) is 14.0. The van der Waals surface area contributed by atoms with Crippen molar-refractivity contribution < 1.29 is 14.0 Å². The first-order valence-corrected chi connectivity index (χ1v) is 5.55. The number of primary amides is 1. The summed E-state index contributed by atoms with van der Waals surface area (Å²) in [4.78, 5) is 28.7. The number of benzene rings is 1. The average molecular weight is 259 g/mol. The second kappa shape index (κ2) is 4.93. The van der Waals surface area contributed by atoms with E-state index in [9.17, 15) is 9.59 Å². The number of carbonyl (C=O) groups is 2. The maximum absolute atomic E-state index is 12.0. The fourth-order valence-corrected chi connectivity index (χ4v) is 1.64. The fourth-order valence-electron chi connectivity index (χ4n) is 1.64. The van der Waals surface area contributed by atoms with Crippen molar-refractivity contribution in [1.29, 1.82) is 0 Å². The molecule has 2 amide bonds. The molecule has 0 spiro atoms. The molecule has 1 aromatic carbocycles. The molecular weight excluding hydrogens is 246 g/mol. The van der Waals surface area contributed by atoms with E-state index in [4.69, 9.17) is 10.2 Å². The molecule has 0 fully saturated rings. The van der Waals surface area contributed by atoms with Gasteiger partial charge in [-0.15, -0.1) is 0 Å². The van der Waals surface area contributed by atoms with Gasteiger partial charge in [0.15, 0.2) is 0 Å². The van der Waals surface area contributed by atoms with Gasteiger partial charge in [-0.1, -0.05) is 0 Å². The third kappa shape index (κ3) is 2.62. The monoisotopic (exact) mass is 259 g/mol. The number of carbonyl (C=O) groups excluding carboxylic acids is 2. The summed E-state index contributed by atoms with van der Waals surface area (Å²) in [6.07, 6.45) is 2.90. The van der Waals surface area contributed by atoms with Crippen LogP contribution in [0.25, 0.3) is 11.5 Å². The number of aromatic nitrogens is 1. The summed E-state index contributed by atoms with van der Waals surface area (Å²) in [5.41, 5.74) is 6.39. The molecule has 6 heteroatoms. The van der Waals surface area contributed by atoms with Crippen molar-refractivity contribution in [2.75, 3.05) is 14.1 Å². The van der Waals surface area contributed by atoms with Crippen LogP contribution in [0.1, 0.15) is 20.7 Å². The van der Waals surface area contributed by atoms with Crippen molar-refractivity contribution in [2.45, 2.75) is 0 Å². The van der Waals surface area contributed by atoms with Crippen LogP contribution in [0, 0.1) is 0 Å². The molecule has 6 nitrogen and oxygen atoms in total. The Morgan fingerprint density at radius 1 is 1.21 bits per heavy atom. The van der Waals surface area contributed by atoms with Crippen LogP contribution in [0.2, 0.25) is 0 Å². The summed E-state index contributed by atoms with van der Waals surface area (Å²) in [5, 5.41) is 0. The Morgan fingerprint density at radius 3 is 2.42 bits per heavy atom. The van der Waals surface area contributed by atoms with Gasteiger partial charge < -0.3 is 15.1 Å². The van der Waals surface area contributed by atoms with E-state index in [2.05, 4.69) is 4.98 Å². The second-order valence-electron chi connectivity index (χ2n) is 4.20. The van der Waals surface area contributed by atoms with Gasteiger partial charge in [-0.05, 0) is 18.2 Å². The molecule has 1 aromatic heterocycles. The lowest BCUT2D eigenvalue weighted by atomic mass is 10.0. The van der Waals surface area contributed by atoms with E-state index in [1.165, 1.54) is 23.4 Å². The highest BCUT2D eigenvalue weighted by Gasteiger charge is 2.15. The molecule has 2 aromatic rings. The van der Waals surface area contributed by atoms with Gasteiger partial charge in [0, 0.05) is 30.8 Å². The van der Waals surface area contributed by atoms with E-state index in [0.29, 0.717) is 17.0 Å². The van der Waals surface area contributed by atoms with E-state index in [1.807, 2.05) is 0 Å². The molecule has 0 aliphatic rings. The van der Waals surface area contributed by atoms with Crippen LogP contribution in [0.4, 0.5) is 0 Å². The van der Waals surface area contributed by atoms with Crippen molar-refractivity contribution in [3.8, 4) is 11.5 Å². The summed E-state index contributed by atoms with van der Waals surface area (Å²) in [6, 6.07) is 4.61. The van der Waals surface area contributed by atoms with Crippen LogP contribution in [-0.2, 0) is 0 Å². The van der Waals surface area contributed by atoms with Gasteiger partial charge in [0.25, 0.3) is 5.91 Å². The summed E-state index contributed by atoms with van der Waals surface area (Å²) in [7, 11) is 3.26. The van der Waals surface area contributed by atoms with Gasteiger partial charge in [-0.25, -0.2) is 4.98 Å². The maximum atomic E-state index is 12.0. The van der Waals surface area contributed by atoms with Crippen LogP contribution in [-0.4, -0.2) is 35.8 Å². The number of rotatable bonds is 3. The minimum absolute atomic E-state index is 0.226. The highest BCUT2D eigenvalue weighted by molar-refractivity contribution is 6.00. The van der Waals surface area contributed by atoms with Gasteiger partial charge >= 0.3 is 0 Å². The molecule has 2 N–H and O–H groups in total. The Bertz CT molecular complexity index is 618. The highest BCUT2D eigenvalue weighted by Crippen LogP contribution is 2.21. The maximum Gasteiger partial charge on any atom is 0.253 e. The van der Waals surface area contributed by atoms with Crippen LogP contribution < -0.4 is 5.73 Å². The smallest absolute Gasteiger partial charge is 0.253 e. The van der Waals surface area contributed by atoms with Crippen molar-refractivity contribution in [3.05, 3.63) is 41.8 Å². The van der Waals surface area contributed by atoms with Crippen LogP contribution in [0.5, 0.6) is 0 Å². The fraction of sp³-hybridized carbons (Fsp3) is 0.154. The lowest BCUT2D eigenvalue weighted by molar-refractivity contribution is 0.0827. The lowest BCUT2D eigenvalue weighted by Gasteiger charge is -2.11. The minimum Gasteiger partial charge on any atom is -0.445 e. The third-order valence-electron chi connectivity index (χ3n) is 2.55. The first-order valence-electron chi connectivity index (χ1n) is 5.55. The number of hydrogen-bond donors (Lipinski definition) is 1. The third-order valence-corrected chi connectivity index (χ3v) is 2.55. The van der Waals surface area contributed by atoms with Crippen LogP contribution in [0.15, 0.2) is 35.1 Å². The number of nitrogens with two attached hydrogens (primary N) is 1. The number of amides is 2. The van der Waals surface area contributed by atoms with E-state index < -0.39 is 5.91 Å². The molecule has 0 unspecified atom stereocenters. The summed E-state index contributed by atoms with van der Waals surface area (Å²) in [6.45, 7) is 0. The molecule has 0 aliphatic carbocycles. The molecule has 0 bridgehead atoms. The van der Waals surface area contributed by atoms with Gasteiger partial charge in [-0.3, -0.25) is 9.59 Å². The Morgan fingerprint density at radius 2 is 1.89 bits per heavy atom. The Labute approximate surface area is 109 Å². The molecule has 0 saturated heterocycles. The second-order valence-corrected chi connectivity index (χ2v) is 4.20. The van der Waals surface area contributed by atoms with Gasteiger partial charge in [0.05, 0.1) is 6.20 Å². The highest BCUT2D eigenvalue weighted by atomic mass is 16.3. The first kappa shape index (κ1) is 12.8. The molecule has 19 heavy (non-hydrogen) atoms. The van der Waals surface area contributed by atoms with Crippen molar-refractivity contribution in [3.63, 3.8) is 0 Å². The quantitative estimate of drug-likeness (QED) is 0.895. The van der Waals surface area contributed by atoms with Gasteiger partial charge in [-0.2, -0.15) is 0 Å².